The molecule has 3 aliphatic heterocycles. The zero-order valence-electron chi connectivity index (χ0n) is 8.27. The van der Waals surface area contributed by atoms with E-state index in [0.717, 1.165) is 5.92 Å². The molecule has 0 aromatic carbocycles. The van der Waals surface area contributed by atoms with Crippen molar-refractivity contribution in [2.75, 3.05) is 26.7 Å². The Balaban J connectivity index is 0.000000500. The Morgan fingerprint density at radius 2 is 1.50 bits per heavy atom. The van der Waals surface area contributed by atoms with Crippen LogP contribution in [0.5, 0.6) is 0 Å². The van der Waals surface area contributed by atoms with Crippen LogP contribution >= 0.6 is 0 Å². The van der Waals surface area contributed by atoms with Crippen LogP contribution in [-0.2, 0) is 0 Å². The van der Waals surface area contributed by atoms with Crippen molar-refractivity contribution in [2.45, 2.75) is 19.3 Å². The van der Waals surface area contributed by atoms with Gasteiger partial charge >= 0.3 is 29.6 Å². The van der Waals surface area contributed by atoms with E-state index in [4.69, 9.17) is 0 Å². The third-order valence-corrected chi connectivity index (χ3v) is 3.23. The largest absolute Gasteiger partial charge is 1.00 e. The van der Waals surface area contributed by atoms with Gasteiger partial charge in [-0.15, -0.1) is 0 Å². The number of hydrogen-bond donors (Lipinski definition) is 0. The summed E-state index contributed by atoms with van der Waals surface area (Å²) in [5, 5.41) is 0. The molecule has 3 rings (SSSR count). The summed E-state index contributed by atoms with van der Waals surface area (Å²) in [6.45, 7) is 4.39. The number of rotatable bonds is 0. The van der Waals surface area contributed by atoms with Gasteiger partial charge in [-0.25, -0.2) is 0 Å². The maximum absolute atomic E-state index is 2.41. The molecule has 3 saturated heterocycles. The van der Waals surface area contributed by atoms with Crippen molar-refractivity contribution >= 4 is 0 Å². The number of piperidine rings is 3. The second kappa shape index (κ2) is 3.14. The van der Waals surface area contributed by atoms with Gasteiger partial charge in [-0.05, 0) is 25.2 Å². The Kier molecular flexibility index (Phi) is 2.84. The van der Waals surface area contributed by atoms with Gasteiger partial charge in [0, 0.05) is 0 Å². The molecule has 0 radical (unpaired) electrons. The first-order chi connectivity index (χ1) is 4.29. The zero-order chi connectivity index (χ0) is 6.32. The molecule has 0 N–H and O–H groups in total. The summed E-state index contributed by atoms with van der Waals surface area (Å²) in [7, 11) is 2.41. The maximum Gasteiger partial charge on any atom is 1.00 e. The molecule has 54 valence electrons. The first-order valence-corrected chi connectivity index (χ1v) is 4.12. The predicted molar refractivity (Wildman–Crippen MR) is 39.2 cm³/mol. The van der Waals surface area contributed by atoms with Gasteiger partial charge in [0.2, 0.25) is 0 Å². The standard InChI is InChI=1S/C8H16N.Na.H/c1-9-5-2-8(3-6-9)4-7-9;;/h8H,2-7H2,1H3;;/q2*+1;-1. The molecule has 0 aliphatic carbocycles. The molecule has 0 aromatic heterocycles. The topological polar surface area (TPSA) is 0 Å². The van der Waals surface area contributed by atoms with Crippen LogP contribution in [0.2, 0.25) is 0 Å². The minimum atomic E-state index is 0. The van der Waals surface area contributed by atoms with Crippen LogP contribution in [-0.4, -0.2) is 31.2 Å². The fourth-order valence-corrected chi connectivity index (χ4v) is 2.25. The smallest absolute Gasteiger partial charge is 1.00 e. The van der Waals surface area contributed by atoms with Crippen molar-refractivity contribution in [2.24, 2.45) is 5.92 Å². The zero-order valence-corrected chi connectivity index (χ0v) is 9.27. The second-order valence-corrected chi connectivity index (χ2v) is 4.02. The number of hydrogen-bond acceptors (Lipinski definition) is 0. The average Bonchev–Trinajstić information content (AvgIpc) is 1.90. The van der Waals surface area contributed by atoms with Crippen LogP contribution in [0.4, 0.5) is 0 Å². The molecule has 2 heteroatoms. The average molecular weight is 150 g/mol. The minimum absolute atomic E-state index is 0. The van der Waals surface area contributed by atoms with Gasteiger partial charge in [-0.2, -0.15) is 0 Å². The van der Waals surface area contributed by atoms with E-state index in [-0.39, 0.29) is 31.0 Å². The van der Waals surface area contributed by atoms with Crippen molar-refractivity contribution in [3.8, 4) is 0 Å². The monoisotopic (exact) mass is 150 g/mol. The molecule has 3 aliphatic rings. The van der Waals surface area contributed by atoms with Crippen LogP contribution < -0.4 is 29.6 Å². The fraction of sp³-hybridized carbons (Fsp3) is 1.00. The third-order valence-electron chi connectivity index (χ3n) is 3.23. The van der Waals surface area contributed by atoms with E-state index in [1.165, 1.54) is 43.4 Å². The molecule has 3 heterocycles. The third kappa shape index (κ3) is 1.58. The Bertz CT molecular complexity index is 107. The van der Waals surface area contributed by atoms with Crippen LogP contribution in [0.15, 0.2) is 0 Å². The van der Waals surface area contributed by atoms with Crippen molar-refractivity contribution < 1.29 is 35.5 Å². The molecular formula is C8H17NNa+. The van der Waals surface area contributed by atoms with Crippen LogP contribution in [0.25, 0.3) is 0 Å². The summed E-state index contributed by atoms with van der Waals surface area (Å²) in [5.41, 5.74) is 0. The summed E-state index contributed by atoms with van der Waals surface area (Å²) in [5.74, 6) is 1.12. The van der Waals surface area contributed by atoms with E-state index in [2.05, 4.69) is 7.05 Å². The Hall–Kier alpha value is 0.960. The molecule has 0 atom stereocenters. The molecule has 0 unspecified atom stereocenters. The second-order valence-electron chi connectivity index (χ2n) is 4.02. The fourth-order valence-electron chi connectivity index (χ4n) is 2.25. The van der Waals surface area contributed by atoms with Crippen LogP contribution in [0.1, 0.15) is 20.7 Å². The normalized spacial score (nSPS) is 44.7. The molecule has 2 bridgehead atoms. The van der Waals surface area contributed by atoms with E-state index in [9.17, 15) is 0 Å². The van der Waals surface area contributed by atoms with Gasteiger partial charge in [0.1, 0.15) is 0 Å². The molecule has 0 saturated carbocycles. The van der Waals surface area contributed by atoms with Crippen molar-refractivity contribution in [3.63, 3.8) is 0 Å². The van der Waals surface area contributed by atoms with Crippen LogP contribution in [0, 0.1) is 5.92 Å². The minimum Gasteiger partial charge on any atom is -1.00 e. The van der Waals surface area contributed by atoms with Gasteiger partial charge in [-0.1, -0.05) is 0 Å². The Labute approximate surface area is 87.2 Å². The first kappa shape index (κ1) is 9.05. The quantitative estimate of drug-likeness (QED) is 0.287. The van der Waals surface area contributed by atoms with E-state index >= 15 is 0 Å². The number of fused-ring (bicyclic) bond motifs is 3. The van der Waals surface area contributed by atoms with E-state index in [1.807, 2.05) is 0 Å². The van der Waals surface area contributed by atoms with E-state index in [1.54, 1.807) is 0 Å². The van der Waals surface area contributed by atoms with Gasteiger partial charge in [-0.3, -0.25) is 0 Å². The molecule has 0 spiro atoms. The van der Waals surface area contributed by atoms with Gasteiger partial charge < -0.3 is 5.91 Å². The summed E-state index contributed by atoms with van der Waals surface area (Å²) >= 11 is 0. The van der Waals surface area contributed by atoms with Gasteiger partial charge in [0.15, 0.2) is 0 Å². The summed E-state index contributed by atoms with van der Waals surface area (Å²) in [6.07, 6.45) is 4.53. The first-order valence-electron chi connectivity index (χ1n) is 4.12. The van der Waals surface area contributed by atoms with E-state index in [0.29, 0.717) is 0 Å². The molecule has 0 amide bonds. The predicted octanol–water partition coefficient (Wildman–Crippen LogP) is -1.64. The molecule has 3 fully saturated rings. The molecule has 10 heavy (non-hydrogen) atoms. The molecule has 1 nitrogen and oxygen atoms in total. The summed E-state index contributed by atoms with van der Waals surface area (Å²) in [4.78, 5) is 0. The van der Waals surface area contributed by atoms with Gasteiger partial charge in [0.05, 0.1) is 26.7 Å². The number of nitrogens with zero attached hydrogens (tertiary/aromatic N) is 1. The Morgan fingerprint density at radius 3 is 1.70 bits per heavy atom. The SMILES string of the molecule is C[N+]12CCC(CC1)CC2.[H-].[Na+]. The van der Waals surface area contributed by atoms with Crippen molar-refractivity contribution in [1.29, 1.82) is 0 Å². The van der Waals surface area contributed by atoms with Gasteiger partial charge in [0.25, 0.3) is 0 Å². The molecular weight excluding hydrogens is 133 g/mol. The van der Waals surface area contributed by atoms with E-state index < -0.39 is 0 Å². The summed E-state index contributed by atoms with van der Waals surface area (Å²) < 4.78 is 1.39. The van der Waals surface area contributed by atoms with Crippen LogP contribution in [0.3, 0.4) is 0 Å². The number of quaternary nitrogens is 1. The van der Waals surface area contributed by atoms with Crippen molar-refractivity contribution in [1.82, 2.24) is 0 Å². The molecule has 0 aromatic rings. The maximum atomic E-state index is 2.41. The van der Waals surface area contributed by atoms with Crippen molar-refractivity contribution in [3.05, 3.63) is 0 Å². The Morgan fingerprint density at radius 1 is 1.10 bits per heavy atom. The summed E-state index contributed by atoms with van der Waals surface area (Å²) in [6, 6.07) is 0.